The molecule has 0 atom stereocenters. The molecule has 0 rings (SSSR count). The molecule has 0 fully saturated rings. The summed E-state index contributed by atoms with van der Waals surface area (Å²) in [7, 11) is 0. The Kier molecular flexibility index (Phi) is 27.6. The summed E-state index contributed by atoms with van der Waals surface area (Å²) in [4.78, 5) is 19.1. The van der Waals surface area contributed by atoms with Crippen LogP contribution < -0.4 is 29.6 Å². The van der Waals surface area contributed by atoms with Crippen molar-refractivity contribution in [3.05, 3.63) is 12.2 Å². The van der Waals surface area contributed by atoms with Crippen LogP contribution in [0.2, 0.25) is 0 Å². The van der Waals surface area contributed by atoms with E-state index in [1.165, 1.54) is 57.8 Å². The van der Waals surface area contributed by atoms with Gasteiger partial charge >= 0.3 is 41.5 Å². The fraction of sp³-hybridized carbons (Fsp3) is 0.750. The Hall–Kier alpha value is -0.360. The van der Waals surface area contributed by atoms with E-state index in [2.05, 4.69) is 6.92 Å². The van der Waals surface area contributed by atoms with Gasteiger partial charge < -0.3 is 16.7 Å². The fourth-order valence-corrected chi connectivity index (χ4v) is 1.74. The molecule has 126 valence electrons. The van der Waals surface area contributed by atoms with Crippen LogP contribution in [0.3, 0.4) is 0 Å². The molecule has 0 heterocycles. The molecule has 5 nitrogen and oxygen atoms in total. The van der Waals surface area contributed by atoms with Crippen LogP contribution in [-0.4, -0.2) is 33.9 Å². The molecule has 0 saturated carbocycles. The molecule has 0 aromatic rings. The monoisotopic (exact) mass is 326 g/mol. The number of aliphatic hydroxyl groups is 1. The van der Waals surface area contributed by atoms with Gasteiger partial charge in [-0.3, -0.25) is 0 Å². The molecule has 0 aromatic carbocycles. The molecule has 0 unspecified atom stereocenters. The summed E-state index contributed by atoms with van der Waals surface area (Å²) in [6.45, 7) is 2.63. The number of carboxylic acids is 2. The molecule has 3 N–H and O–H groups in total. The first kappa shape index (κ1) is 26.5. The van der Waals surface area contributed by atoms with E-state index in [9.17, 15) is 9.59 Å². The number of carbonyl (C=O) groups is 2. The molecule has 22 heavy (non-hydrogen) atoms. The van der Waals surface area contributed by atoms with Gasteiger partial charge in [0.2, 0.25) is 0 Å². The minimum atomic E-state index is -1.26. The van der Waals surface area contributed by atoms with Gasteiger partial charge in [0.1, 0.15) is 0 Å². The van der Waals surface area contributed by atoms with Crippen molar-refractivity contribution in [3.8, 4) is 0 Å². The quantitative estimate of drug-likeness (QED) is 0.279. The third-order valence-electron chi connectivity index (χ3n) is 2.88. The molecule has 0 aromatic heterocycles. The predicted molar refractivity (Wildman–Crippen MR) is 84.5 cm³/mol. The summed E-state index contributed by atoms with van der Waals surface area (Å²) in [5.41, 5.74) is 0. The van der Waals surface area contributed by atoms with E-state index in [1.54, 1.807) is 0 Å². The third-order valence-corrected chi connectivity index (χ3v) is 2.88. The summed E-state index contributed by atoms with van der Waals surface area (Å²) in [6, 6.07) is 0. The summed E-state index contributed by atoms with van der Waals surface area (Å²) < 4.78 is 0. The molecule has 0 spiro atoms. The molecule has 0 aliphatic rings. The maximum Gasteiger partial charge on any atom is 1.00 e. The average Bonchev–Trinajstić information content (AvgIpc) is 2.44. The Bertz CT molecular complexity index is 260. The molecular formula is C16H31NaO5. The van der Waals surface area contributed by atoms with Gasteiger partial charge in [-0.1, -0.05) is 64.7 Å². The standard InChI is InChI=1S/C12H26O.C4H4O4.Na.H/c1-2-3-4-5-6-7-8-9-10-11-12-13;5-3(6)1-2-4(7)8;;/h13H,2-12H2,1H3;1-2H,(H,5,6)(H,7,8);;/q;;+1;-1/b;2-1-;;. The maximum atomic E-state index is 9.55. The van der Waals surface area contributed by atoms with Gasteiger partial charge in [-0.25, -0.2) is 9.59 Å². The zero-order valence-corrected chi connectivity index (χ0v) is 16.1. The first-order valence-electron chi connectivity index (χ1n) is 7.79. The van der Waals surface area contributed by atoms with Crippen molar-refractivity contribution in [2.75, 3.05) is 6.61 Å². The zero-order chi connectivity index (χ0) is 16.3. The second-order valence-electron chi connectivity index (χ2n) is 4.92. The van der Waals surface area contributed by atoms with Crippen LogP contribution >= 0.6 is 0 Å². The molecule has 0 bridgehead atoms. The molecule has 0 aliphatic carbocycles. The Balaban J connectivity index is -0.000000158. The van der Waals surface area contributed by atoms with E-state index >= 15 is 0 Å². The van der Waals surface area contributed by atoms with Gasteiger partial charge in [-0.05, 0) is 6.42 Å². The van der Waals surface area contributed by atoms with Crippen molar-refractivity contribution in [3.63, 3.8) is 0 Å². The van der Waals surface area contributed by atoms with Crippen LogP contribution in [-0.2, 0) is 9.59 Å². The van der Waals surface area contributed by atoms with Gasteiger partial charge in [-0.2, -0.15) is 0 Å². The molecule has 6 heteroatoms. The fourth-order valence-electron chi connectivity index (χ4n) is 1.74. The minimum Gasteiger partial charge on any atom is -1.00 e. The van der Waals surface area contributed by atoms with Crippen molar-refractivity contribution >= 4 is 11.9 Å². The largest absolute Gasteiger partial charge is 1.00 e. The number of rotatable bonds is 12. The number of carboxylic acid groups (broad SMARTS) is 2. The summed E-state index contributed by atoms with van der Waals surface area (Å²) in [5, 5.41) is 24.2. The Labute approximate surface area is 157 Å². The zero-order valence-electron chi connectivity index (χ0n) is 15.1. The third kappa shape index (κ3) is 31.8. The number of hydrogen-bond donors (Lipinski definition) is 3. The topological polar surface area (TPSA) is 94.8 Å². The minimum absolute atomic E-state index is 0. The van der Waals surface area contributed by atoms with E-state index in [-0.39, 0.29) is 31.0 Å². The molecular weight excluding hydrogens is 295 g/mol. The van der Waals surface area contributed by atoms with Gasteiger partial charge in [0.15, 0.2) is 0 Å². The first-order chi connectivity index (χ1) is 10.0. The SMILES string of the molecule is CCCCCCCCCCCCO.O=C(O)/C=C\C(=O)O.[H-].[Na+]. The van der Waals surface area contributed by atoms with Crippen LogP contribution in [0.15, 0.2) is 12.2 Å². The Morgan fingerprint density at radius 2 is 1.09 bits per heavy atom. The van der Waals surface area contributed by atoms with Crippen LogP contribution in [0, 0.1) is 0 Å². The molecule has 0 amide bonds. The van der Waals surface area contributed by atoms with Gasteiger partial charge in [0.25, 0.3) is 0 Å². The van der Waals surface area contributed by atoms with Crippen molar-refractivity contribution in [1.29, 1.82) is 0 Å². The predicted octanol–water partition coefficient (Wildman–Crippen LogP) is 0.728. The number of aliphatic carboxylic acids is 2. The number of aliphatic hydroxyl groups excluding tert-OH is 1. The van der Waals surface area contributed by atoms with Gasteiger partial charge in [0, 0.05) is 18.8 Å². The van der Waals surface area contributed by atoms with Crippen LogP contribution in [0.25, 0.3) is 0 Å². The molecule has 0 radical (unpaired) electrons. The number of hydrogen-bond acceptors (Lipinski definition) is 3. The summed E-state index contributed by atoms with van der Waals surface area (Å²) in [5.74, 6) is -2.51. The van der Waals surface area contributed by atoms with Crippen LogP contribution in [0.5, 0.6) is 0 Å². The first-order valence-corrected chi connectivity index (χ1v) is 7.79. The normalized spacial score (nSPS) is 9.73. The van der Waals surface area contributed by atoms with Crippen LogP contribution in [0.4, 0.5) is 0 Å². The van der Waals surface area contributed by atoms with Gasteiger partial charge in [0.05, 0.1) is 0 Å². The second-order valence-corrected chi connectivity index (χ2v) is 4.92. The van der Waals surface area contributed by atoms with Crippen molar-refractivity contribution in [2.24, 2.45) is 0 Å². The smallest absolute Gasteiger partial charge is 1.00 e. The van der Waals surface area contributed by atoms with E-state index in [0.29, 0.717) is 18.8 Å². The Morgan fingerprint density at radius 3 is 1.36 bits per heavy atom. The van der Waals surface area contributed by atoms with E-state index in [1.807, 2.05) is 0 Å². The summed E-state index contributed by atoms with van der Waals surface area (Å²) >= 11 is 0. The van der Waals surface area contributed by atoms with Gasteiger partial charge in [-0.15, -0.1) is 0 Å². The van der Waals surface area contributed by atoms with E-state index in [0.717, 1.165) is 6.42 Å². The number of unbranched alkanes of at least 4 members (excludes halogenated alkanes) is 9. The van der Waals surface area contributed by atoms with E-state index < -0.39 is 11.9 Å². The average molecular weight is 326 g/mol. The van der Waals surface area contributed by atoms with Crippen molar-refractivity contribution in [2.45, 2.75) is 71.1 Å². The Morgan fingerprint density at radius 1 is 0.773 bits per heavy atom. The van der Waals surface area contributed by atoms with E-state index in [4.69, 9.17) is 15.3 Å². The van der Waals surface area contributed by atoms with Crippen molar-refractivity contribution in [1.82, 2.24) is 0 Å². The molecule has 0 saturated heterocycles. The second kappa shape index (κ2) is 22.9. The van der Waals surface area contributed by atoms with Crippen LogP contribution in [0.1, 0.15) is 72.6 Å². The maximum absolute atomic E-state index is 9.55. The molecule has 0 aliphatic heterocycles. The summed E-state index contributed by atoms with van der Waals surface area (Å²) in [6.07, 6.45) is 14.4. The van der Waals surface area contributed by atoms with Crippen molar-refractivity contribution < 1.29 is 55.9 Å².